The first-order valence-electron chi connectivity index (χ1n) is 9.62. The van der Waals surface area contributed by atoms with Gasteiger partial charge in [0.25, 0.3) is 0 Å². The second-order valence-electron chi connectivity index (χ2n) is 7.96. The normalized spacial score (nSPS) is 19.1. The number of pyridine rings is 1. The molecule has 0 spiro atoms. The first-order valence-corrected chi connectivity index (χ1v) is 10.4. The van der Waals surface area contributed by atoms with E-state index in [0.29, 0.717) is 12.6 Å². The third-order valence-electron chi connectivity index (χ3n) is 4.60. The van der Waals surface area contributed by atoms with Gasteiger partial charge in [0.1, 0.15) is 5.60 Å². The molecule has 0 aliphatic carbocycles. The van der Waals surface area contributed by atoms with Gasteiger partial charge < -0.3 is 9.64 Å². The standard InChI is InChI=1S/C21H29N3O2S/c1-5-18-15-23(20(25)26-21(2,3)4)11-6-12-24(18)27-19-8-7-17-14-22-10-9-16(17)13-19/h7-10,13-14,18H,5-6,11-12,15H2,1-4H3/t18-/m1/s1. The van der Waals surface area contributed by atoms with E-state index in [0.717, 1.165) is 31.3 Å². The molecule has 2 aromatic rings. The average molecular weight is 388 g/mol. The van der Waals surface area contributed by atoms with Gasteiger partial charge in [0.05, 0.1) is 0 Å². The van der Waals surface area contributed by atoms with Crippen molar-refractivity contribution in [2.24, 2.45) is 0 Å². The third-order valence-corrected chi connectivity index (χ3v) is 5.78. The Balaban J connectivity index is 1.70. The molecule has 6 heteroatoms. The quantitative estimate of drug-likeness (QED) is 0.696. The summed E-state index contributed by atoms with van der Waals surface area (Å²) >= 11 is 1.79. The molecule has 1 aliphatic heterocycles. The Morgan fingerprint density at radius 2 is 2.07 bits per heavy atom. The van der Waals surface area contributed by atoms with Crippen molar-refractivity contribution < 1.29 is 9.53 Å². The van der Waals surface area contributed by atoms with E-state index in [1.807, 2.05) is 44.1 Å². The van der Waals surface area contributed by atoms with E-state index in [1.165, 1.54) is 10.3 Å². The molecule has 27 heavy (non-hydrogen) atoms. The number of aromatic nitrogens is 1. The highest BCUT2D eigenvalue weighted by atomic mass is 32.2. The van der Waals surface area contributed by atoms with Gasteiger partial charge in [-0.1, -0.05) is 13.0 Å². The summed E-state index contributed by atoms with van der Waals surface area (Å²) in [5.74, 6) is 0. The Bertz CT molecular complexity index is 790. The van der Waals surface area contributed by atoms with E-state index in [9.17, 15) is 4.79 Å². The second kappa shape index (κ2) is 8.48. The average Bonchev–Trinajstić information content (AvgIpc) is 2.82. The van der Waals surface area contributed by atoms with Gasteiger partial charge in [-0.3, -0.25) is 4.98 Å². The van der Waals surface area contributed by atoms with Gasteiger partial charge in [0.15, 0.2) is 0 Å². The maximum atomic E-state index is 12.5. The van der Waals surface area contributed by atoms with E-state index >= 15 is 0 Å². The number of hydrogen-bond acceptors (Lipinski definition) is 5. The Kier molecular flexibility index (Phi) is 6.27. The zero-order valence-corrected chi connectivity index (χ0v) is 17.5. The highest BCUT2D eigenvalue weighted by Gasteiger charge is 2.29. The van der Waals surface area contributed by atoms with Crippen molar-refractivity contribution in [1.29, 1.82) is 0 Å². The van der Waals surface area contributed by atoms with Crippen LogP contribution < -0.4 is 0 Å². The third kappa shape index (κ3) is 5.36. The van der Waals surface area contributed by atoms with Crippen molar-refractivity contribution in [3.8, 4) is 0 Å². The molecule has 1 amide bonds. The van der Waals surface area contributed by atoms with Gasteiger partial charge in [-0.15, -0.1) is 0 Å². The molecule has 2 heterocycles. The van der Waals surface area contributed by atoms with Crippen molar-refractivity contribution in [3.05, 3.63) is 36.7 Å². The number of ether oxygens (including phenoxy) is 1. The van der Waals surface area contributed by atoms with Gasteiger partial charge in [0.2, 0.25) is 0 Å². The van der Waals surface area contributed by atoms with Gasteiger partial charge >= 0.3 is 6.09 Å². The van der Waals surface area contributed by atoms with Gasteiger partial charge in [-0.2, -0.15) is 0 Å². The topological polar surface area (TPSA) is 45.7 Å². The van der Waals surface area contributed by atoms with Gasteiger partial charge in [0, 0.05) is 48.4 Å². The fourth-order valence-electron chi connectivity index (χ4n) is 3.24. The molecular weight excluding hydrogens is 358 g/mol. The van der Waals surface area contributed by atoms with E-state index < -0.39 is 5.60 Å². The van der Waals surface area contributed by atoms with Crippen LogP contribution in [0.3, 0.4) is 0 Å². The largest absolute Gasteiger partial charge is 0.444 e. The predicted octanol–water partition coefficient (Wildman–Crippen LogP) is 4.96. The molecule has 0 unspecified atom stereocenters. The van der Waals surface area contributed by atoms with E-state index in [2.05, 4.69) is 34.4 Å². The van der Waals surface area contributed by atoms with Crippen LogP contribution in [0.5, 0.6) is 0 Å². The molecule has 3 rings (SSSR count). The fraction of sp³-hybridized carbons (Fsp3) is 0.524. The molecule has 0 N–H and O–H groups in total. The Hall–Kier alpha value is -1.79. The van der Waals surface area contributed by atoms with Crippen molar-refractivity contribution in [2.75, 3.05) is 19.6 Å². The fourth-order valence-corrected chi connectivity index (χ4v) is 4.40. The van der Waals surface area contributed by atoms with Crippen molar-refractivity contribution in [1.82, 2.24) is 14.2 Å². The first-order chi connectivity index (χ1) is 12.9. The molecule has 1 atom stereocenters. The number of benzene rings is 1. The van der Waals surface area contributed by atoms with Crippen LogP contribution in [0.2, 0.25) is 0 Å². The highest BCUT2D eigenvalue weighted by molar-refractivity contribution is 7.97. The minimum atomic E-state index is -0.459. The van der Waals surface area contributed by atoms with Crippen LogP contribution in [0.1, 0.15) is 40.5 Å². The highest BCUT2D eigenvalue weighted by Crippen LogP contribution is 2.30. The number of rotatable bonds is 3. The van der Waals surface area contributed by atoms with Gasteiger partial charge in [-0.25, -0.2) is 9.10 Å². The molecule has 1 aromatic heterocycles. The van der Waals surface area contributed by atoms with Crippen molar-refractivity contribution in [3.63, 3.8) is 0 Å². The van der Waals surface area contributed by atoms with Crippen LogP contribution >= 0.6 is 11.9 Å². The summed E-state index contributed by atoms with van der Waals surface area (Å²) in [5, 5.41) is 2.36. The summed E-state index contributed by atoms with van der Waals surface area (Å²) in [5.41, 5.74) is -0.459. The van der Waals surface area contributed by atoms with E-state index in [4.69, 9.17) is 4.74 Å². The van der Waals surface area contributed by atoms with Crippen molar-refractivity contribution >= 4 is 28.8 Å². The molecule has 1 saturated heterocycles. The Morgan fingerprint density at radius 3 is 2.81 bits per heavy atom. The summed E-state index contributed by atoms with van der Waals surface area (Å²) in [7, 11) is 0. The van der Waals surface area contributed by atoms with E-state index in [-0.39, 0.29) is 6.09 Å². The zero-order chi connectivity index (χ0) is 19.4. The monoisotopic (exact) mass is 387 g/mol. The summed E-state index contributed by atoms with van der Waals surface area (Å²) in [6, 6.07) is 8.83. The lowest BCUT2D eigenvalue weighted by Crippen LogP contribution is -2.42. The summed E-state index contributed by atoms with van der Waals surface area (Å²) in [4.78, 5) is 19.8. The predicted molar refractivity (Wildman–Crippen MR) is 111 cm³/mol. The number of nitrogens with zero attached hydrogens (tertiary/aromatic N) is 3. The lowest BCUT2D eigenvalue weighted by atomic mass is 10.2. The van der Waals surface area contributed by atoms with Gasteiger partial charge in [-0.05, 0) is 69.1 Å². The van der Waals surface area contributed by atoms with Crippen LogP contribution in [0, 0.1) is 0 Å². The van der Waals surface area contributed by atoms with Crippen molar-refractivity contribution in [2.45, 2.75) is 57.1 Å². The second-order valence-corrected chi connectivity index (χ2v) is 9.08. The number of carbonyl (C=O) groups is 1. The molecule has 0 bridgehead atoms. The Morgan fingerprint density at radius 1 is 1.26 bits per heavy atom. The van der Waals surface area contributed by atoms with Crippen LogP contribution in [-0.2, 0) is 4.74 Å². The number of amides is 1. The Labute approximate surface area is 166 Å². The molecule has 5 nitrogen and oxygen atoms in total. The van der Waals surface area contributed by atoms with E-state index in [1.54, 1.807) is 11.9 Å². The summed E-state index contributed by atoms with van der Waals surface area (Å²) in [6.45, 7) is 10.3. The van der Waals surface area contributed by atoms with Crippen LogP contribution in [0.25, 0.3) is 10.8 Å². The first kappa shape index (κ1) is 20.0. The smallest absolute Gasteiger partial charge is 0.410 e. The molecular formula is C21H29N3O2S. The van der Waals surface area contributed by atoms with Crippen LogP contribution in [-0.4, -0.2) is 51.6 Å². The van der Waals surface area contributed by atoms with Crippen LogP contribution in [0.15, 0.2) is 41.6 Å². The minimum absolute atomic E-state index is 0.203. The summed E-state index contributed by atoms with van der Waals surface area (Å²) < 4.78 is 8.01. The summed E-state index contributed by atoms with van der Waals surface area (Å²) in [6.07, 6.45) is 5.45. The molecule has 1 aromatic carbocycles. The number of fused-ring (bicyclic) bond motifs is 1. The van der Waals surface area contributed by atoms with Crippen LogP contribution in [0.4, 0.5) is 4.79 Å². The zero-order valence-electron chi connectivity index (χ0n) is 16.6. The maximum Gasteiger partial charge on any atom is 0.410 e. The maximum absolute atomic E-state index is 12.5. The molecule has 0 saturated carbocycles. The molecule has 1 fully saturated rings. The molecule has 1 aliphatic rings. The lowest BCUT2D eigenvalue weighted by molar-refractivity contribution is 0.0241. The molecule has 146 valence electrons. The SMILES string of the molecule is CC[C@@H]1CN(C(=O)OC(C)(C)C)CCCN1Sc1ccc2cnccc2c1. The minimum Gasteiger partial charge on any atom is -0.444 e. The number of carbonyl (C=O) groups excluding carboxylic acids is 1. The molecule has 0 radical (unpaired) electrons. The lowest BCUT2D eigenvalue weighted by Gasteiger charge is -2.31. The number of hydrogen-bond donors (Lipinski definition) is 0.